The van der Waals surface area contributed by atoms with E-state index in [4.69, 9.17) is 0 Å². The zero-order valence-electron chi connectivity index (χ0n) is 12.0. The van der Waals surface area contributed by atoms with Gasteiger partial charge in [-0.3, -0.25) is 15.0 Å². The van der Waals surface area contributed by atoms with Gasteiger partial charge in [-0.15, -0.1) is 11.3 Å². The zero-order valence-corrected chi connectivity index (χ0v) is 12.8. The van der Waals surface area contributed by atoms with E-state index in [2.05, 4.69) is 20.7 Å². The number of pyridine rings is 1. The Balaban J connectivity index is 1.63. The molecule has 0 atom stereocenters. The maximum atomic E-state index is 11.8. The Morgan fingerprint density at radius 1 is 1.36 bits per heavy atom. The van der Waals surface area contributed by atoms with Crippen LogP contribution in [0.1, 0.15) is 5.56 Å². The van der Waals surface area contributed by atoms with Crippen LogP contribution < -0.4 is 10.6 Å². The Bertz CT molecular complexity index is 766. The van der Waals surface area contributed by atoms with Gasteiger partial charge in [-0.25, -0.2) is 4.79 Å². The van der Waals surface area contributed by atoms with E-state index in [9.17, 15) is 4.79 Å². The number of carbonyl (C=O) groups excluding carboxylic acids is 1. The van der Waals surface area contributed by atoms with Crippen molar-refractivity contribution in [3.63, 3.8) is 0 Å². The molecule has 112 valence electrons. The Hall–Kier alpha value is -2.67. The number of hydrogen-bond donors (Lipinski definition) is 2. The Morgan fingerprint density at radius 3 is 3.00 bits per heavy atom. The molecule has 22 heavy (non-hydrogen) atoms. The van der Waals surface area contributed by atoms with Crippen molar-refractivity contribution in [3.8, 4) is 11.3 Å². The van der Waals surface area contributed by atoms with Crippen LogP contribution in [0.4, 0.5) is 9.80 Å². The second-order valence-corrected chi connectivity index (χ2v) is 5.65. The number of aromatic nitrogens is 3. The average molecular weight is 313 g/mol. The number of amides is 2. The van der Waals surface area contributed by atoms with Crippen LogP contribution in [0, 0.1) is 0 Å². The normalized spacial score (nSPS) is 10.4. The average Bonchev–Trinajstić information content (AvgIpc) is 3.17. The zero-order chi connectivity index (χ0) is 15.4. The van der Waals surface area contributed by atoms with E-state index in [0.717, 1.165) is 21.8 Å². The van der Waals surface area contributed by atoms with E-state index in [0.29, 0.717) is 6.54 Å². The Kier molecular flexibility index (Phi) is 4.15. The van der Waals surface area contributed by atoms with Crippen molar-refractivity contribution in [2.24, 2.45) is 7.05 Å². The summed E-state index contributed by atoms with van der Waals surface area (Å²) in [5.74, 6) is 0. The fourth-order valence-corrected chi connectivity index (χ4v) is 2.68. The number of aryl methyl sites for hydroxylation is 1. The molecule has 0 spiro atoms. The van der Waals surface area contributed by atoms with E-state index >= 15 is 0 Å². The summed E-state index contributed by atoms with van der Waals surface area (Å²) in [6, 6.07) is 7.44. The second-order valence-electron chi connectivity index (χ2n) is 4.71. The highest BCUT2D eigenvalue weighted by molar-refractivity contribution is 7.14. The molecule has 0 aromatic carbocycles. The molecule has 2 N–H and O–H groups in total. The van der Waals surface area contributed by atoms with Crippen molar-refractivity contribution in [2.45, 2.75) is 6.54 Å². The van der Waals surface area contributed by atoms with Crippen LogP contribution in [-0.2, 0) is 13.6 Å². The smallest absolute Gasteiger partial charge is 0.320 e. The van der Waals surface area contributed by atoms with Gasteiger partial charge in [0.05, 0.1) is 10.7 Å². The number of nitrogens with zero attached hydrogens (tertiary/aromatic N) is 3. The summed E-state index contributed by atoms with van der Waals surface area (Å²) in [6.07, 6.45) is 5.27. The van der Waals surface area contributed by atoms with E-state index in [1.54, 1.807) is 23.3 Å². The molecule has 3 aromatic heterocycles. The maximum Gasteiger partial charge on any atom is 0.320 e. The summed E-state index contributed by atoms with van der Waals surface area (Å²) >= 11 is 1.48. The van der Waals surface area contributed by atoms with Gasteiger partial charge in [-0.2, -0.15) is 5.10 Å². The molecule has 3 heterocycles. The van der Waals surface area contributed by atoms with E-state index in [-0.39, 0.29) is 6.03 Å². The number of nitrogens with one attached hydrogen (secondary N) is 2. The molecule has 0 aliphatic heterocycles. The van der Waals surface area contributed by atoms with Crippen molar-refractivity contribution in [1.82, 2.24) is 20.1 Å². The van der Waals surface area contributed by atoms with Gasteiger partial charge in [0.25, 0.3) is 0 Å². The van der Waals surface area contributed by atoms with Gasteiger partial charge in [0.1, 0.15) is 0 Å². The number of anilines is 1. The molecule has 0 bridgehead atoms. The second kappa shape index (κ2) is 6.40. The van der Waals surface area contributed by atoms with Gasteiger partial charge < -0.3 is 5.32 Å². The molecule has 3 rings (SSSR count). The molecular weight excluding hydrogens is 298 g/mol. The standard InChI is InChI=1S/C15H15N5OS/c1-20-13(4-5-18-20)12-7-11(8-16-10-12)9-17-15(21)19-14-3-2-6-22-14/h2-8,10H,9H2,1H3,(H2,17,19,21). The number of urea groups is 1. The lowest BCUT2D eigenvalue weighted by Crippen LogP contribution is -2.27. The van der Waals surface area contributed by atoms with Crippen molar-refractivity contribution in [1.29, 1.82) is 0 Å². The van der Waals surface area contributed by atoms with Gasteiger partial charge in [-0.1, -0.05) is 0 Å². The highest BCUT2D eigenvalue weighted by Gasteiger charge is 2.06. The molecule has 0 saturated carbocycles. The molecular formula is C15H15N5OS. The molecule has 3 aromatic rings. The van der Waals surface area contributed by atoms with Gasteiger partial charge in [0, 0.05) is 37.7 Å². The van der Waals surface area contributed by atoms with Crippen LogP contribution >= 0.6 is 11.3 Å². The van der Waals surface area contributed by atoms with Gasteiger partial charge in [0.2, 0.25) is 0 Å². The van der Waals surface area contributed by atoms with Gasteiger partial charge in [0.15, 0.2) is 0 Å². The highest BCUT2D eigenvalue weighted by Crippen LogP contribution is 2.18. The first kappa shape index (κ1) is 14.3. The highest BCUT2D eigenvalue weighted by atomic mass is 32.1. The third kappa shape index (κ3) is 3.32. The lowest BCUT2D eigenvalue weighted by atomic mass is 10.1. The van der Waals surface area contributed by atoms with Gasteiger partial charge >= 0.3 is 6.03 Å². The first-order valence-electron chi connectivity index (χ1n) is 6.73. The van der Waals surface area contributed by atoms with E-state index in [1.165, 1.54) is 11.3 Å². The number of hydrogen-bond acceptors (Lipinski definition) is 4. The largest absolute Gasteiger partial charge is 0.334 e. The number of thiophene rings is 1. The SMILES string of the molecule is Cn1nccc1-c1cncc(CNC(=O)Nc2cccs2)c1. The quantitative estimate of drug-likeness (QED) is 0.778. The number of rotatable bonds is 4. The summed E-state index contributed by atoms with van der Waals surface area (Å²) in [5, 5.41) is 12.5. The molecule has 0 unspecified atom stereocenters. The topological polar surface area (TPSA) is 71.8 Å². The minimum absolute atomic E-state index is 0.228. The van der Waals surface area contributed by atoms with E-state index in [1.807, 2.05) is 36.7 Å². The van der Waals surface area contributed by atoms with Crippen LogP contribution in [0.3, 0.4) is 0 Å². The van der Waals surface area contributed by atoms with Crippen molar-refractivity contribution in [2.75, 3.05) is 5.32 Å². The van der Waals surface area contributed by atoms with Crippen LogP contribution in [-0.4, -0.2) is 20.8 Å². The summed E-state index contributed by atoms with van der Waals surface area (Å²) in [4.78, 5) is 16.0. The van der Waals surface area contributed by atoms with Crippen LogP contribution in [0.2, 0.25) is 0 Å². The molecule has 6 nitrogen and oxygen atoms in total. The molecule has 0 aliphatic rings. The monoisotopic (exact) mass is 313 g/mol. The third-order valence-electron chi connectivity index (χ3n) is 3.12. The van der Waals surface area contributed by atoms with Crippen LogP contribution in [0.5, 0.6) is 0 Å². The predicted molar refractivity (Wildman–Crippen MR) is 86.6 cm³/mol. The molecule has 0 radical (unpaired) electrons. The molecule has 2 amide bonds. The lowest BCUT2D eigenvalue weighted by molar-refractivity contribution is 0.252. The first-order chi connectivity index (χ1) is 10.7. The molecule has 0 aliphatic carbocycles. The Labute approximate surface area is 131 Å². The summed E-state index contributed by atoms with van der Waals surface area (Å²) in [5.41, 5.74) is 2.88. The van der Waals surface area contributed by atoms with Gasteiger partial charge in [-0.05, 0) is 35.2 Å². The fourth-order valence-electron chi connectivity index (χ4n) is 2.07. The Morgan fingerprint density at radius 2 is 2.27 bits per heavy atom. The summed E-state index contributed by atoms with van der Waals surface area (Å²) in [6.45, 7) is 0.413. The lowest BCUT2D eigenvalue weighted by Gasteiger charge is -2.07. The van der Waals surface area contributed by atoms with Crippen molar-refractivity contribution >= 4 is 22.4 Å². The summed E-state index contributed by atoms with van der Waals surface area (Å²) in [7, 11) is 1.88. The van der Waals surface area contributed by atoms with Crippen molar-refractivity contribution in [3.05, 3.63) is 53.8 Å². The van der Waals surface area contributed by atoms with Crippen molar-refractivity contribution < 1.29 is 4.79 Å². The fraction of sp³-hybridized carbons (Fsp3) is 0.133. The van der Waals surface area contributed by atoms with Crippen LogP contribution in [0.15, 0.2) is 48.2 Å². The van der Waals surface area contributed by atoms with Crippen LogP contribution in [0.25, 0.3) is 11.3 Å². The minimum Gasteiger partial charge on any atom is -0.334 e. The summed E-state index contributed by atoms with van der Waals surface area (Å²) < 4.78 is 1.79. The maximum absolute atomic E-state index is 11.8. The first-order valence-corrected chi connectivity index (χ1v) is 7.61. The van der Waals surface area contributed by atoms with E-state index < -0.39 is 0 Å². The number of carbonyl (C=O) groups is 1. The molecule has 7 heteroatoms. The minimum atomic E-state index is -0.228. The third-order valence-corrected chi connectivity index (χ3v) is 3.91. The molecule has 0 fully saturated rings. The predicted octanol–water partition coefficient (Wildman–Crippen LogP) is 2.87. The molecule has 0 saturated heterocycles.